The summed E-state index contributed by atoms with van der Waals surface area (Å²) in [5.74, 6) is 0.826. The van der Waals surface area contributed by atoms with Crippen LogP contribution in [0.4, 0.5) is 5.69 Å². The van der Waals surface area contributed by atoms with E-state index >= 15 is 0 Å². The van der Waals surface area contributed by atoms with Gasteiger partial charge >= 0.3 is 0 Å². The highest BCUT2D eigenvalue weighted by atomic mass is 35.5. The number of aryl methyl sites for hydroxylation is 2. The Morgan fingerprint density at radius 2 is 1.74 bits per heavy atom. The van der Waals surface area contributed by atoms with Gasteiger partial charge in [-0.15, -0.1) is 10.2 Å². The Labute approximate surface area is 190 Å². The van der Waals surface area contributed by atoms with E-state index in [2.05, 4.69) is 15.5 Å². The quantitative estimate of drug-likeness (QED) is 0.371. The van der Waals surface area contributed by atoms with Crippen molar-refractivity contribution >= 4 is 35.0 Å². The van der Waals surface area contributed by atoms with E-state index < -0.39 is 0 Å². The van der Waals surface area contributed by atoms with Gasteiger partial charge in [-0.1, -0.05) is 59.3 Å². The number of hydrogen-bond donors (Lipinski definition) is 1. The summed E-state index contributed by atoms with van der Waals surface area (Å²) in [6.45, 7) is 4.02. The molecule has 0 aliphatic rings. The van der Waals surface area contributed by atoms with Gasteiger partial charge in [0.2, 0.25) is 5.91 Å². The Morgan fingerprint density at radius 3 is 2.45 bits per heavy atom. The number of anilines is 1. The van der Waals surface area contributed by atoms with Crippen molar-refractivity contribution in [3.05, 3.63) is 88.9 Å². The van der Waals surface area contributed by atoms with Gasteiger partial charge in [-0.3, -0.25) is 9.36 Å². The molecule has 0 saturated carbocycles. The monoisotopic (exact) mass is 448 g/mol. The number of benzene rings is 3. The molecule has 0 bridgehead atoms. The van der Waals surface area contributed by atoms with Crippen molar-refractivity contribution in [2.24, 2.45) is 0 Å². The van der Waals surface area contributed by atoms with Gasteiger partial charge in [0.05, 0.1) is 5.75 Å². The average Bonchev–Trinajstić information content (AvgIpc) is 3.19. The molecule has 3 aromatic carbocycles. The van der Waals surface area contributed by atoms with Gasteiger partial charge in [-0.25, -0.2) is 0 Å². The third-order valence-corrected chi connectivity index (χ3v) is 5.92. The van der Waals surface area contributed by atoms with Gasteiger partial charge in [-0.2, -0.15) is 0 Å². The molecule has 156 valence electrons. The minimum Gasteiger partial charge on any atom is -0.325 e. The zero-order valence-corrected chi connectivity index (χ0v) is 18.7. The lowest BCUT2D eigenvalue weighted by Gasteiger charge is -2.11. The lowest BCUT2D eigenvalue weighted by molar-refractivity contribution is -0.113. The van der Waals surface area contributed by atoms with Crippen molar-refractivity contribution in [3.8, 4) is 17.1 Å². The van der Waals surface area contributed by atoms with Crippen LogP contribution in [0.25, 0.3) is 17.1 Å². The first-order valence-corrected chi connectivity index (χ1v) is 11.1. The van der Waals surface area contributed by atoms with E-state index in [0.29, 0.717) is 16.0 Å². The third-order valence-electron chi connectivity index (χ3n) is 4.74. The summed E-state index contributed by atoms with van der Waals surface area (Å²) < 4.78 is 1.96. The van der Waals surface area contributed by atoms with Crippen molar-refractivity contribution in [2.45, 2.75) is 19.0 Å². The smallest absolute Gasteiger partial charge is 0.234 e. The van der Waals surface area contributed by atoms with Gasteiger partial charge in [0.25, 0.3) is 0 Å². The van der Waals surface area contributed by atoms with Crippen LogP contribution in [-0.2, 0) is 4.79 Å². The molecular weight excluding hydrogens is 428 g/mol. The number of nitrogens with zero attached hydrogens (tertiary/aromatic N) is 3. The van der Waals surface area contributed by atoms with Gasteiger partial charge in [0, 0.05) is 22.0 Å². The maximum Gasteiger partial charge on any atom is 0.234 e. The van der Waals surface area contributed by atoms with E-state index in [-0.39, 0.29) is 11.7 Å². The number of rotatable bonds is 6. The number of thioether (sulfide) groups is 1. The van der Waals surface area contributed by atoms with Gasteiger partial charge < -0.3 is 5.32 Å². The van der Waals surface area contributed by atoms with Crippen LogP contribution >= 0.6 is 23.4 Å². The fourth-order valence-corrected chi connectivity index (χ4v) is 4.11. The summed E-state index contributed by atoms with van der Waals surface area (Å²) in [4.78, 5) is 12.6. The molecule has 1 heterocycles. The summed E-state index contributed by atoms with van der Waals surface area (Å²) >= 11 is 7.39. The standard InChI is InChI=1S/C24H21ClN4OS/c1-16-8-13-21(17(2)14-16)26-22(30)15-31-24-28-27-23(18-9-11-19(25)12-10-18)29(24)20-6-4-3-5-7-20/h3-14H,15H2,1-2H3,(H,26,30). The van der Waals surface area contributed by atoms with Crippen molar-refractivity contribution in [1.29, 1.82) is 0 Å². The zero-order valence-electron chi connectivity index (χ0n) is 17.2. The number of aromatic nitrogens is 3. The number of halogens is 1. The molecule has 0 atom stereocenters. The summed E-state index contributed by atoms with van der Waals surface area (Å²) in [6, 6.07) is 23.3. The van der Waals surface area contributed by atoms with Crippen molar-refractivity contribution in [3.63, 3.8) is 0 Å². The topological polar surface area (TPSA) is 59.8 Å². The minimum atomic E-state index is -0.0902. The molecule has 5 nitrogen and oxygen atoms in total. The number of para-hydroxylation sites is 1. The maximum atomic E-state index is 12.6. The van der Waals surface area contributed by atoms with Gasteiger partial charge in [0.1, 0.15) is 0 Å². The molecule has 0 aliphatic heterocycles. The molecule has 0 spiro atoms. The van der Waals surface area contributed by atoms with E-state index in [0.717, 1.165) is 28.1 Å². The number of hydrogen-bond acceptors (Lipinski definition) is 4. The van der Waals surface area contributed by atoms with Crippen molar-refractivity contribution in [1.82, 2.24) is 14.8 Å². The highest BCUT2D eigenvalue weighted by molar-refractivity contribution is 7.99. The molecule has 7 heteroatoms. The summed E-state index contributed by atoms with van der Waals surface area (Å²) in [6.07, 6.45) is 0. The van der Waals surface area contributed by atoms with Crippen molar-refractivity contribution in [2.75, 3.05) is 11.1 Å². The maximum absolute atomic E-state index is 12.6. The first kappa shape index (κ1) is 21.2. The van der Waals surface area contributed by atoms with Crippen LogP contribution in [0.5, 0.6) is 0 Å². The Balaban J connectivity index is 1.58. The lowest BCUT2D eigenvalue weighted by Crippen LogP contribution is -2.15. The molecule has 31 heavy (non-hydrogen) atoms. The molecule has 0 fully saturated rings. The first-order valence-electron chi connectivity index (χ1n) is 9.78. The Morgan fingerprint density at radius 1 is 1.00 bits per heavy atom. The first-order chi connectivity index (χ1) is 15.0. The normalized spacial score (nSPS) is 10.8. The number of carbonyl (C=O) groups excluding carboxylic acids is 1. The van der Waals surface area contributed by atoms with Crippen LogP contribution < -0.4 is 5.32 Å². The zero-order chi connectivity index (χ0) is 21.8. The van der Waals surface area contributed by atoms with Crippen LogP contribution in [0.1, 0.15) is 11.1 Å². The SMILES string of the molecule is Cc1ccc(NC(=O)CSc2nnc(-c3ccc(Cl)cc3)n2-c2ccccc2)c(C)c1. The predicted octanol–water partition coefficient (Wildman–Crippen LogP) is 5.94. The van der Waals surface area contributed by atoms with Crippen molar-refractivity contribution < 1.29 is 4.79 Å². The molecule has 0 aliphatic carbocycles. The largest absolute Gasteiger partial charge is 0.325 e. The summed E-state index contributed by atoms with van der Waals surface area (Å²) in [7, 11) is 0. The molecule has 1 N–H and O–H groups in total. The Hall–Kier alpha value is -3.09. The predicted molar refractivity (Wildman–Crippen MR) is 127 cm³/mol. The second-order valence-corrected chi connectivity index (χ2v) is 8.52. The molecule has 4 rings (SSSR count). The summed E-state index contributed by atoms with van der Waals surface area (Å²) in [5.41, 5.74) is 4.84. The Bertz CT molecular complexity index is 1210. The molecule has 4 aromatic rings. The number of carbonyl (C=O) groups is 1. The van der Waals surface area contributed by atoms with Crippen LogP contribution in [0.3, 0.4) is 0 Å². The summed E-state index contributed by atoms with van der Waals surface area (Å²) in [5, 5.41) is 13.0. The highest BCUT2D eigenvalue weighted by Crippen LogP contribution is 2.29. The number of amides is 1. The molecule has 1 aromatic heterocycles. The van der Waals surface area contributed by atoms with E-state index in [1.807, 2.05) is 91.2 Å². The van der Waals surface area contributed by atoms with E-state index in [1.54, 1.807) is 0 Å². The van der Waals surface area contributed by atoms with Crippen LogP contribution in [0, 0.1) is 13.8 Å². The van der Waals surface area contributed by atoms with Gasteiger partial charge in [-0.05, 0) is 61.9 Å². The molecule has 0 radical (unpaired) electrons. The second kappa shape index (κ2) is 9.37. The third kappa shape index (κ3) is 4.98. The Kier molecular flexibility index (Phi) is 6.39. The molecular formula is C24H21ClN4OS. The molecule has 1 amide bonds. The van der Waals surface area contributed by atoms with Crippen LogP contribution in [0.15, 0.2) is 78.0 Å². The fourth-order valence-electron chi connectivity index (χ4n) is 3.23. The minimum absolute atomic E-state index is 0.0902. The second-order valence-electron chi connectivity index (χ2n) is 7.14. The number of nitrogens with one attached hydrogen (secondary N) is 1. The van der Waals surface area contributed by atoms with Gasteiger partial charge in [0.15, 0.2) is 11.0 Å². The highest BCUT2D eigenvalue weighted by Gasteiger charge is 2.17. The van der Waals surface area contributed by atoms with E-state index in [9.17, 15) is 4.79 Å². The molecule has 0 saturated heterocycles. The lowest BCUT2D eigenvalue weighted by atomic mass is 10.1. The van der Waals surface area contributed by atoms with E-state index in [4.69, 9.17) is 11.6 Å². The van der Waals surface area contributed by atoms with Crippen LogP contribution in [-0.4, -0.2) is 26.4 Å². The fraction of sp³-hybridized carbons (Fsp3) is 0.125. The average molecular weight is 449 g/mol. The van der Waals surface area contributed by atoms with Crippen LogP contribution in [0.2, 0.25) is 5.02 Å². The molecule has 0 unspecified atom stereocenters. The van der Waals surface area contributed by atoms with E-state index in [1.165, 1.54) is 11.8 Å².